The number of esters is 1. The minimum Gasteiger partial charge on any atom is -0.465 e. The molecule has 3 aromatic rings. The molecule has 0 bridgehead atoms. The van der Waals surface area contributed by atoms with E-state index in [4.69, 9.17) is 4.74 Å². The van der Waals surface area contributed by atoms with Crippen molar-refractivity contribution in [3.8, 4) is 0 Å². The second-order valence-corrected chi connectivity index (χ2v) is 6.70. The molecule has 0 saturated heterocycles. The number of carbonyl (C=O) groups excluding carboxylic acids is 2. The molecule has 2 heterocycles. The summed E-state index contributed by atoms with van der Waals surface area (Å²) in [5.74, 6) is -0.770. The number of nitrogens with one attached hydrogen (secondary N) is 1. The molecule has 0 aliphatic heterocycles. The number of nitrogens with zero attached hydrogens (tertiary/aromatic N) is 2. The number of rotatable bonds is 3. The highest BCUT2D eigenvalue weighted by atomic mass is 32.1. The maximum Gasteiger partial charge on any atom is 0.350 e. The molecule has 128 valence electrons. The number of benzene rings is 1. The van der Waals surface area contributed by atoms with Crippen LogP contribution in [-0.2, 0) is 4.74 Å². The highest BCUT2D eigenvalue weighted by Gasteiger charge is 2.18. The van der Waals surface area contributed by atoms with E-state index in [1.807, 2.05) is 31.2 Å². The van der Waals surface area contributed by atoms with Crippen LogP contribution in [0.3, 0.4) is 0 Å². The van der Waals surface area contributed by atoms with Crippen LogP contribution in [0.1, 0.15) is 37.0 Å². The molecule has 0 aliphatic rings. The summed E-state index contributed by atoms with van der Waals surface area (Å²) in [5, 5.41) is 4.00. The van der Waals surface area contributed by atoms with Crippen molar-refractivity contribution in [1.82, 2.24) is 9.97 Å². The van der Waals surface area contributed by atoms with Crippen LogP contribution in [0.4, 0.5) is 5.13 Å². The number of aromatic nitrogens is 2. The van der Waals surface area contributed by atoms with Gasteiger partial charge in [-0.05, 0) is 39.0 Å². The normalized spacial score (nSPS) is 10.7. The van der Waals surface area contributed by atoms with Crippen molar-refractivity contribution in [2.75, 3.05) is 12.4 Å². The number of methoxy groups -OCH3 is 1. The Bertz CT molecular complexity index is 995. The molecule has 2 aromatic heterocycles. The molecule has 1 N–H and O–H groups in total. The lowest BCUT2D eigenvalue weighted by molar-refractivity contribution is 0.0605. The molecule has 0 spiro atoms. The van der Waals surface area contributed by atoms with Crippen molar-refractivity contribution < 1.29 is 14.3 Å². The highest BCUT2D eigenvalue weighted by molar-refractivity contribution is 7.17. The molecule has 7 heteroatoms. The molecular formula is C18H17N3O3S. The van der Waals surface area contributed by atoms with Crippen molar-refractivity contribution in [3.63, 3.8) is 0 Å². The SMILES string of the molecule is COC(=O)c1sc(NC(=O)c2cc3cc(C)ccc3nc2C)nc1C. The van der Waals surface area contributed by atoms with Gasteiger partial charge in [-0.25, -0.2) is 9.78 Å². The summed E-state index contributed by atoms with van der Waals surface area (Å²) >= 11 is 1.09. The Balaban J connectivity index is 1.92. The van der Waals surface area contributed by atoms with Gasteiger partial charge < -0.3 is 4.74 Å². The van der Waals surface area contributed by atoms with E-state index in [1.54, 1.807) is 13.8 Å². The van der Waals surface area contributed by atoms with Crippen LogP contribution in [0.2, 0.25) is 0 Å². The minimum atomic E-state index is -0.463. The smallest absolute Gasteiger partial charge is 0.350 e. The quantitative estimate of drug-likeness (QED) is 0.725. The number of fused-ring (bicyclic) bond motifs is 1. The molecule has 25 heavy (non-hydrogen) atoms. The fourth-order valence-corrected chi connectivity index (χ4v) is 3.40. The third kappa shape index (κ3) is 3.36. The number of carbonyl (C=O) groups is 2. The number of amides is 1. The summed E-state index contributed by atoms with van der Waals surface area (Å²) < 4.78 is 4.71. The first-order valence-corrected chi connectivity index (χ1v) is 8.46. The van der Waals surface area contributed by atoms with Gasteiger partial charge in [-0.2, -0.15) is 0 Å². The molecular weight excluding hydrogens is 338 g/mol. The lowest BCUT2D eigenvalue weighted by Crippen LogP contribution is -2.14. The van der Waals surface area contributed by atoms with Crippen LogP contribution in [0.5, 0.6) is 0 Å². The number of aryl methyl sites for hydroxylation is 3. The van der Waals surface area contributed by atoms with E-state index >= 15 is 0 Å². The average molecular weight is 355 g/mol. The zero-order valence-corrected chi connectivity index (χ0v) is 15.2. The first-order valence-electron chi connectivity index (χ1n) is 7.64. The predicted molar refractivity (Wildman–Crippen MR) is 97.4 cm³/mol. The Labute approximate surface area is 148 Å². The van der Waals surface area contributed by atoms with Gasteiger partial charge >= 0.3 is 5.97 Å². The fourth-order valence-electron chi connectivity index (χ4n) is 2.52. The van der Waals surface area contributed by atoms with E-state index in [9.17, 15) is 9.59 Å². The Hall–Kier alpha value is -2.80. The van der Waals surface area contributed by atoms with Crippen LogP contribution < -0.4 is 5.32 Å². The largest absolute Gasteiger partial charge is 0.465 e. The predicted octanol–water partition coefficient (Wildman–Crippen LogP) is 3.66. The van der Waals surface area contributed by atoms with Gasteiger partial charge in [0.15, 0.2) is 5.13 Å². The van der Waals surface area contributed by atoms with Crippen molar-refractivity contribution in [1.29, 1.82) is 0 Å². The third-order valence-electron chi connectivity index (χ3n) is 3.79. The first-order chi connectivity index (χ1) is 11.9. The van der Waals surface area contributed by atoms with Gasteiger partial charge in [0.05, 0.1) is 29.6 Å². The second kappa shape index (κ2) is 6.60. The lowest BCUT2D eigenvalue weighted by Gasteiger charge is -2.07. The zero-order chi connectivity index (χ0) is 18.1. The molecule has 0 radical (unpaired) electrons. The standard InChI is InChI=1S/C18H17N3O3S/c1-9-5-6-14-12(7-9)8-13(10(2)19-14)16(22)21-18-20-11(3)15(25-18)17(23)24-4/h5-8H,1-4H3,(H,20,21,22). The number of hydrogen-bond donors (Lipinski definition) is 1. The summed E-state index contributed by atoms with van der Waals surface area (Å²) in [4.78, 5) is 33.4. The number of anilines is 1. The highest BCUT2D eigenvalue weighted by Crippen LogP contribution is 2.25. The van der Waals surface area contributed by atoms with Crippen LogP contribution in [0.25, 0.3) is 10.9 Å². The van der Waals surface area contributed by atoms with Crippen molar-refractivity contribution >= 4 is 39.2 Å². The zero-order valence-electron chi connectivity index (χ0n) is 14.3. The maximum absolute atomic E-state index is 12.6. The summed E-state index contributed by atoms with van der Waals surface area (Å²) in [7, 11) is 1.31. The Morgan fingerprint density at radius 1 is 1.08 bits per heavy atom. The van der Waals surface area contributed by atoms with Crippen LogP contribution in [0.15, 0.2) is 24.3 Å². The molecule has 0 unspecified atom stereocenters. The number of pyridine rings is 1. The molecule has 0 atom stereocenters. The minimum absolute atomic E-state index is 0.307. The van der Waals surface area contributed by atoms with Crippen molar-refractivity contribution in [3.05, 3.63) is 51.7 Å². The molecule has 1 amide bonds. The molecule has 6 nitrogen and oxygen atoms in total. The maximum atomic E-state index is 12.6. The third-order valence-corrected chi connectivity index (χ3v) is 4.85. The van der Waals surface area contributed by atoms with E-state index in [0.717, 1.165) is 27.8 Å². The van der Waals surface area contributed by atoms with Crippen molar-refractivity contribution in [2.45, 2.75) is 20.8 Å². The Morgan fingerprint density at radius 3 is 2.56 bits per heavy atom. The molecule has 0 aliphatic carbocycles. The van der Waals surface area contributed by atoms with E-state index in [2.05, 4.69) is 15.3 Å². The topological polar surface area (TPSA) is 81.2 Å². The molecule has 1 aromatic carbocycles. The molecule has 3 rings (SSSR count). The van der Waals surface area contributed by atoms with E-state index in [1.165, 1.54) is 7.11 Å². The lowest BCUT2D eigenvalue weighted by atomic mass is 10.1. The van der Waals surface area contributed by atoms with E-state index in [-0.39, 0.29) is 5.91 Å². The molecule has 0 saturated carbocycles. The summed E-state index contributed by atoms with van der Waals surface area (Å²) in [5.41, 5.74) is 3.58. The fraction of sp³-hybridized carbons (Fsp3) is 0.222. The van der Waals surface area contributed by atoms with Gasteiger partial charge in [-0.15, -0.1) is 0 Å². The Kier molecular flexibility index (Phi) is 4.50. The summed E-state index contributed by atoms with van der Waals surface area (Å²) in [6, 6.07) is 7.73. The van der Waals surface area contributed by atoms with E-state index in [0.29, 0.717) is 27.0 Å². The molecule has 0 fully saturated rings. The number of ether oxygens (including phenoxy) is 1. The first kappa shape index (κ1) is 17.0. The van der Waals surface area contributed by atoms with Crippen LogP contribution in [-0.4, -0.2) is 29.0 Å². The van der Waals surface area contributed by atoms with Gasteiger partial charge in [0, 0.05) is 5.39 Å². The summed E-state index contributed by atoms with van der Waals surface area (Å²) in [6.07, 6.45) is 0. The van der Waals surface area contributed by atoms with Gasteiger partial charge in [-0.1, -0.05) is 23.0 Å². The van der Waals surface area contributed by atoms with Gasteiger partial charge in [0.2, 0.25) is 0 Å². The summed E-state index contributed by atoms with van der Waals surface area (Å²) in [6.45, 7) is 5.48. The van der Waals surface area contributed by atoms with Crippen molar-refractivity contribution in [2.24, 2.45) is 0 Å². The average Bonchev–Trinajstić information content (AvgIpc) is 2.94. The van der Waals surface area contributed by atoms with Gasteiger partial charge in [0.1, 0.15) is 4.88 Å². The monoisotopic (exact) mass is 355 g/mol. The van der Waals surface area contributed by atoms with Gasteiger partial charge in [0.25, 0.3) is 5.91 Å². The van der Waals surface area contributed by atoms with E-state index < -0.39 is 5.97 Å². The van der Waals surface area contributed by atoms with Crippen LogP contribution in [0, 0.1) is 20.8 Å². The van der Waals surface area contributed by atoms with Crippen LogP contribution >= 0.6 is 11.3 Å². The number of hydrogen-bond acceptors (Lipinski definition) is 6. The number of thiazole rings is 1. The van der Waals surface area contributed by atoms with Gasteiger partial charge in [-0.3, -0.25) is 15.1 Å². The second-order valence-electron chi connectivity index (χ2n) is 5.70. The Morgan fingerprint density at radius 2 is 1.84 bits per heavy atom.